The van der Waals surface area contributed by atoms with Crippen LogP contribution in [0, 0.1) is 12.8 Å². The first-order valence-corrected chi connectivity index (χ1v) is 16.0. The van der Waals surface area contributed by atoms with Crippen LogP contribution in [-0.4, -0.2) is 78.2 Å². The van der Waals surface area contributed by atoms with E-state index in [-0.39, 0.29) is 42.8 Å². The zero-order chi connectivity index (χ0) is 32.5. The lowest BCUT2D eigenvalue weighted by atomic mass is 9.93. The Morgan fingerprint density at radius 3 is 2.35 bits per heavy atom. The molecule has 2 aliphatic rings. The smallest absolute Gasteiger partial charge is 0.323 e. The molecule has 3 N–H and O–H groups in total. The van der Waals surface area contributed by atoms with E-state index in [2.05, 4.69) is 15.5 Å². The first-order chi connectivity index (χ1) is 22.3. The number of ether oxygens (including phenoxy) is 2. The van der Waals surface area contributed by atoms with Crippen molar-refractivity contribution in [3.05, 3.63) is 89.5 Å². The van der Waals surface area contributed by atoms with Crippen molar-refractivity contribution in [1.29, 1.82) is 0 Å². The van der Waals surface area contributed by atoms with Gasteiger partial charge in [0.15, 0.2) is 0 Å². The van der Waals surface area contributed by atoms with E-state index in [0.717, 1.165) is 61.3 Å². The van der Waals surface area contributed by atoms with Gasteiger partial charge in [-0.2, -0.15) is 0 Å². The number of para-hydroxylation sites is 1. The molecule has 2 heterocycles. The summed E-state index contributed by atoms with van der Waals surface area (Å²) in [6.45, 7) is 5.32. The molecule has 0 aliphatic carbocycles. The van der Waals surface area contributed by atoms with Crippen molar-refractivity contribution in [3.63, 3.8) is 0 Å². The molecule has 3 aromatic rings. The molecule has 0 saturated carbocycles. The van der Waals surface area contributed by atoms with Gasteiger partial charge in [-0.3, -0.25) is 9.59 Å². The van der Waals surface area contributed by atoms with E-state index in [9.17, 15) is 19.5 Å². The molecule has 0 spiro atoms. The molecule has 10 nitrogen and oxygen atoms in total. The summed E-state index contributed by atoms with van der Waals surface area (Å²) in [5.41, 5.74) is 4.06. The zero-order valence-corrected chi connectivity index (χ0v) is 26.6. The number of carbonyl (C=O) groups is 3. The minimum absolute atomic E-state index is 0.00253. The third-order valence-corrected chi connectivity index (χ3v) is 8.93. The summed E-state index contributed by atoms with van der Waals surface area (Å²) in [6, 6.07) is 22.6. The van der Waals surface area contributed by atoms with Crippen molar-refractivity contribution < 1.29 is 29.0 Å². The lowest BCUT2D eigenvalue weighted by Gasteiger charge is -2.35. The van der Waals surface area contributed by atoms with Crippen molar-refractivity contribution in [3.8, 4) is 5.75 Å². The number of nitrogens with one attached hydrogen (secondary N) is 2. The maximum Gasteiger partial charge on any atom is 0.323 e. The number of piperidine rings is 1. The number of aliphatic carboxylic acids is 1. The average Bonchev–Trinajstić information content (AvgIpc) is 3.45. The number of benzene rings is 3. The van der Waals surface area contributed by atoms with Crippen LogP contribution in [0.15, 0.2) is 72.8 Å². The largest absolute Gasteiger partial charge is 0.495 e. The summed E-state index contributed by atoms with van der Waals surface area (Å²) in [5, 5.41) is 14.9. The predicted molar refractivity (Wildman–Crippen MR) is 177 cm³/mol. The maximum atomic E-state index is 13.8. The predicted octanol–water partition coefficient (Wildman–Crippen LogP) is 5.56. The summed E-state index contributed by atoms with van der Waals surface area (Å²) in [4.78, 5) is 42.0. The maximum absolute atomic E-state index is 13.8. The van der Waals surface area contributed by atoms with Gasteiger partial charge in [0.1, 0.15) is 5.75 Å². The molecular weight excluding hydrogens is 584 g/mol. The molecular formula is C36H44N4O6. The minimum atomic E-state index is -0.740. The Kier molecular flexibility index (Phi) is 11.3. The Morgan fingerprint density at radius 1 is 0.913 bits per heavy atom. The molecule has 3 aromatic carbocycles. The van der Waals surface area contributed by atoms with Gasteiger partial charge in [0.05, 0.1) is 31.9 Å². The summed E-state index contributed by atoms with van der Waals surface area (Å²) in [7, 11) is 1.54. The fourth-order valence-corrected chi connectivity index (χ4v) is 6.39. The second kappa shape index (κ2) is 15.7. The number of carboxylic acid groups (broad SMARTS) is 1. The number of rotatable bonds is 12. The number of nitrogens with zero attached hydrogens (tertiary/aromatic N) is 2. The first-order valence-electron chi connectivity index (χ1n) is 16.0. The minimum Gasteiger partial charge on any atom is -0.495 e. The van der Waals surface area contributed by atoms with Crippen LogP contribution in [0.2, 0.25) is 0 Å². The van der Waals surface area contributed by atoms with E-state index in [1.54, 1.807) is 12.1 Å². The third kappa shape index (κ3) is 9.08. The highest BCUT2D eigenvalue weighted by Gasteiger charge is 2.37. The second-order valence-electron chi connectivity index (χ2n) is 12.3. The van der Waals surface area contributed by atoms with E-state index in [0.29, 0.717) is 24.6 Å². The van der Waals surface area contributed by atoms with Crippen molar-refractivity contribution in [2.24, 2.45) is 5.92 Å². The van der Waals surface area contributed by atoms with Crippen molar-refractivity contribution in [2.75, 3.05) is 43.9 Å². The number of anilines is 2. The van der Waals surface area contributed by atoms with E-state index < -0.39 is 5.97 Å². The number of carbonyl (C=O) groups excluding carboxylic acids is 2. The Hall–Kier alpha value is -4.41. The Balaban J connectivity index is 1.23. The molecule has 2 fully saturated rings. The number of hydrogen-bond donors (Lipinski definition) is 3. The van der Waals surface area contributed by atoms with Crippen LogP contribution < -0.4 is 15.4 Å². The molecule has 244 valence electrons. The Bertz CT molecular complexity index is 1490. The lowest BCUT2D eigenvalue weighted by Crippen LogP contribution is -2.46. The fraction of sp³-hybridized carbons (Fsp3) is 0.417. The van der Waals surface area contributed by atoms with E-state index in [1.165, 1.54) is 7.11 Å². The topological polar surface area (TPSA) is 120 Å². The van der Waals surface area contributed by atoms with E-state index in [4.69, 9.17) is 9.47 Å². The molecule has 5 rings (SSSR count). The number of carboxylic acids is 1. The number of amides is 3. The van der Waals surface area contributed by atoms with Crippen molar-refractivity contribution >= 4 is 29.3 Å². The molecule has 2 aliphatic heterocycles. The average molecular weight is 629 g/mol. The van der Waals surface area contributed by atoms with Crippen LogP contribution in [-0.2, 0) is 27.4 Å². The molecule has 0 bridgehead atoms. The number of hydrogen-bond acceptors (Lipinski definition) is 6. The van der Waals surface area contributed by atoms with Crippen molar-refractivity contribution in [2.45, 2.75) is 57.8 Å². The molecule has 2 saturated heterocycles. The van der Waals surface area contributed by atoms with Crippen LogP contribution >= 0.6 is 0 Å². The van der Waals surface area contributed by atoms with Gasteiger partial charge in [0, 0.05) is 31.2 Å². The monoisotopic (exact) mass is 628 g/mol. The van der Waals surface area contributed by atoms with Gasteiger partial charge in [-0.15, -0.1) is 0 Å². The molecule has 1 unspecified atom stereocenters. The van der Waals surface area contributed by atoms with Crippen LogP contribution in [0.4, 0.5) is 16.2 Å². The van der Waals surface area contributed by atoms with Gasteiger partial charge >= 0.3 is 12.0 Å². The molecule has 2 atom stereocenters. The summed E-state index contributed by atoms with van der Waals surface area (Å²) < 4.78 is 11.9. The number of methoxy groups -OCH3 is 1. The van der Waals surface area contributed by atoms with Gasteiger partial charge in [-0.05, 0) is 80.1 Å². The summed E-state index contributed by atoms with van der Waals surface area (Å²) in [5.74, 6) is -0.0541. The van der Waals surface area contributed by atoms with Crippen LogP contribution in [0.5, 0.6) is 5.75 Å². The van der Waals surface area contributed by atoms with E-state index in [1.807, 2.05) is 72.5 Å². The van der Waals surface area contributed by atoms with Gasteiger partial charge in [-0.25, -0.2) is 4.79 Å². The number of urea groups is 1. The zero-order valence-electron chi connectivity index (χ0n) is 26.6. The Labute approximate surface area is 270 Å². The highest BCUT2D eigenvalue weighted by Crippen LogP contribution is 2.29. The number of likely N-dealkylation sites (tertiary alicyclic amines) is 2. The standard InChI is InChI=1S/C36H44N4O6/c1-25-8-6-7-11-31(25)37-36(44)38-32-13-12-28(18-33(32)45-2)19-34(41)40-23-30(46-24-27-9-4-3-5-10-27)21-29(40)22-39-16-14-26(15-17-39)20-35(42)43/h3-13,18,26,29-30H,14-17,19-24H2,1-2H3,(H,42,43)(H2,37,38,44)/t29-,30?/m0/s1. The SMILES string of the molecule is COc1cc(CC(=O)N2CC(OCc3ccccc3)C[C@H]2CN2CCC(CC(=O)O)CC2)ccc1NC(=O)Nc1ccccc1C. The third-order valence-electron chi connectivity index (χ3n) is 8.93. The Morgan fingerprint density at radius 2 is 1.63 bits per heavy atom. The van der Waals surface area contributed by atoms with Gasteiger partial charge in [0.25, 0.3) is 0 Å². The summed E-state index contributed by atoms with van der Waals surface area (Å²) >= 11 is 0. The lowest BCUT2D eigenvalue weighted by molar-refractivity contribution is -0.138. The molecule has 0 radical (unpaired) electrons. The molecule has 0 aromatic heterocycles. The van der Waals surface area contributed by atoms with Crippen LogP contribution in [0.25, 0.3) is 0 Å². The van der Waals surface area contributed by atoms with Crippen LogP contribution in [0.3, 0.4) is 0 Å². The number of aryl methyl sites for hydroxylation is 1. The molecule has 10 heteroatoms. The van der Waals surface area contributed by atoms with Crippen LogP contribution in [0.1, 0.15) is 42.4 Å². The van der Waals surface area contributed by atoms with Gasteiger partial charge in [-0.1, -0.05) is 54.6 Å². The highest BCUT2D eigenvalue weighted by molar-refractivity contribution is 6.01. The molecule has 46 heavy (non-hydrogen) atoms. The quantitative estimate of drug-likeness (QED) is 0.240. The first kappa shape index (κ1) is 33.0. The summed E-state index contributed by atoms with van der Waals surface area (Å²) in [6.07, 6.45) is 2.77. The van der Waals surface area contributed by atoms with E-state index >= 15 is 0 Å². The fourth-order valence-electron chi connectivity index (χ4n) is 6.39. The highest BCUT2D eigenvalue weighted by atomic mass is 16.5. The molecule has 3 amide bonds. The van der Waals surface area contributed by atoms with Crippen molar-refractivity contribution in [1.82, 2.24) is 9.80 Å². The normalized spacial score (nSPS) is 18.7. The van der Waals surface area contributed by atoms with Gasteiger partial charge < -0.3 is 35.0 Å². The van der Waals surface area contributed by atoms with Gasteiger partial charge in [0.2, 0.25) is 5.91 Å². The second-order valence-corrected chi connectivity index (χ2v) is 12.3.